The van der Waals surface area contributed by atoms with Crippen LogP contribution in [0.5, 0.6) is 0 Å². The highest BCUT2D eigenvalue weighted by atomic mass is 16.5. The summed E-state index contributed by atoms with van der Waals surface area (Å²) < 4.78 is 6.09. The molecule has 0 radical (unpaired) electrons. The summed E-state index contributed by atoms with van der Waals surface area (Å²) in [7, 11) is 2.24. The van der Waals surface area contributed by atoms with Gasteiger partial charge >= 0.3 is 0 Å². The van der Waals surface area contributed by atoms with Gasteiger partial charge in [-0.2, -0.15) is 0 Å². The molecule has 0 spiro atoms. The first-order valence-electron chi connectivity index (χ1n) is 7.21. The molecule has 1 saturated carbocycles. The molecule has 2 rings (SSSR count). The van der Waals surface area contributed by atoms with Crippen LogP contribution in [0.1, 0.15) is 39.5 Å². The molecule has 0 aromatic heterocycles. The molecule has 2 atom stereocenters. The van der Waals surface area contributed by atoms with Gasteiger partial charge in [0.1, 0.15) is 0 Å². The van der Waals surface area contributed by atoms with Crippen LogP contribution in [-0.4, -0.2) is 49.8 Å². The molecule has 0 bridgehead atoms. The molecular formula is C14H28N2O. The fourth-order valence-electron chi connectivity index (χ4n) is 2.58. The SMILES string of the molecule is CC(C)CNCC1CCC(CN(C)C2CC2)O1. The number of ether oxygens (including phenoxy) is 1. The zero-order valence-corrected chi connectivity index (χ0v) is 11.6. The van der Waals surface area contributed by atoms with Crippen LogP contribution >= 0.6 is 0 Å². The summed E-state index contributed by atoms with van der Waals surface area (Å²) in [6.45, 7) is 7.76. The van der Waals surface area contributed by atoms with Gasteiger partial charge in [0.25, 0.3) is 0 Å². The van der Waals surface area contributed by atoms with E-state index in [1.165, 1.54) is 25.7 Å². The van der Waals surface area contributed by atoms with Crippen molar-refractivity contribution in [3.8, 4) is 0 Å². The molecule has 1 aliphatic carbocycles. The van der Waals surface area contributed by atoms with Gasteiger partial charge in [0, 0.05) is 19.1 Å². The van der Waals surface area contributed by atoms with Gasteiger partial charge in [-0.25, -0.2) is 0 Å². The Labute approximate surface area is 106 Å². The van der Waals surface area contributed by atoms with Crippen molar-refractivity contribution in [2.24, 2.45) is 5.92 Å². The standard InChI is InChI=1S/C14H28N2O/c1-11(2)8-15-9-13-6-7-14(17-13)10-16(3)12-4-5-12/h11-15H,4-10H2,1-3H3. The van der Waals surface area contributed by atoms with Crippen molar-refractivity contribution in [2.75, 3.05) is 26.7 Å². The van der Waals surface area contributed by atoms with E-state index in [1.54, 1.807) is 0 Å². The zero-order valence-electron chi connectivity index (χ0n) is 11.6. The second-order valence-corrected chi connectivity index (χ2v) is 6.18. The maximum absolute atomic E-state index is 6.09. The Kier molecular flexibility index (Phi) is 4.83. The Balaban J connectivity index is 1.58. The fraction of sp³-hybridized carbons (Fsp3) is 1.00. The van der Waals surface area contributed by atoms with E-state index in [0.717, 1.165) is 31.6 Å². The van der Waals surface area contributed by atoms with E-state index < -0.39 is 0 Å². The van der Waals surface area contributed by atoms with Gasteiger partial charge in [0.2, 0.25) is 0 Å². The molecule has 0 aromatic carbocycles. The summed E-state index contributed by atoms with van der Waals surface area (Å²) in [5.74, 6) is 0.730. The molecule has 3 nitrogen and oxygen atoms in total. The van der Waals surface area contributed by atoms with Crippen molar-refractivity contribution in [3.05, 3.63) is 0 Å². The molecule has 1 saturated heterocycles. The van der Waals surface area contributed by atoms with Crippen LogP contribution in [0.2, 0.25) is 0 Å². The van der Waals surface area contributed by atoms with Crippen molar-refractivity contribution in [2.45, 2.75) is 57.8 Å². The molecule has 100 valence electrons. The second kappa shape index (κ2) is 6.17. The monoisotopic (exact) mass is 240 g/mol. The van der Waals surface area contributed by atoms with E-state index in [4.69, 9.17) is 4.74 Å². The van der Waals surface area contributed by atoms with Crippen molar-refractivity contribution < 1.29 is 4.74 Å². The molecule has 1 aliphatic heterocycles. The predicted octanol–water partition coefficient (Wildman–Crippen LogP) is 1.87. The average molecular weight is 240 g/mol. The van der Waals surface area contributed by atoms with Gasteiger partial charge in [-0.1, -0.05) is 13.8 Å². The molecule has 2 fully saturated rings. The van der Waals surface area contributed by atoms with Crippen molar-refractivity contribution in [1.82, 2.24) is 10.2 Å². The highest BCUT2D eigenvalue weighted by Crippen LogP contribution is 2.27. The second-order valence-electron chi connectivity index (χ2n) is 6.18. The molecule has 3 heteroatoms. The summed E-state index contributed by atoms with van der Waals surface area (Å²) in [4.78, 5) is 2.48. The van der Waals surface area contributed by atoms with E-state index in [9.17, 15) is 0 Å². The van der Waals surface area contributed by atoms with Crippen molar-refractivity contribution >= 4 is 0 Å². The average Bonchev–Trinajstić information content (AvgIpc) is 3.02. The number of nitrogens with one attached hydrogen (secondary N) is 1. The van der Waals surface area contributed by atoms with Crippen LogP contribution in [0.4, 0.5) is 0 Å². The number of nitrogens with zero attached hydrogens (tertiary/aromatic N) is 1. The van der Waals surface area contributed by atoms with Gasteiger partial charge in [-0.15, -0.1) is 0 Å². The number of hydrogen-bond donors (Lipinski definition) is 1. The van der Waals surface area contributed by atoms with Crippen LogP contribution in [0.3, 0.4) is 0 Å². The predicted molar refractivity (Wildman–Crippen MR) is 71.3 cm³/mol. The smallest absolute Gasteiger partial charge is 0.0707 e. The van der Waals surface area contributed by atoms with Crippen LogP contribution < -0.4 is 5.32 Å². The summed E-state index contributed by atoms with van der Waals surface area (Å²) in [6.07, 6.45) is 6.18. The summed E-state index contributed by atoms with van der Waals surface area (Å²) in [5.41, 5.74) is 0. The van der Waals surface area contributed by atoms with Crippen molar-refractivity contribution in [3.63, 3.8) is 0 Å². The molecule has 0 aromatic rings. The maximum Gasteiger partial charge on any atom is 0.0707 e. The topological polar surface area (TPSA) is 24.5 Å². The van der Waals surface area contributed by atoms with Crippen LogP contribution in [0.15, 0.2) is 0 Å². The molecule has 2 unspecified atom stereocenters. The summed E-state index contributed by atoms with van der Waals surface area (Å²) >= 11 is 0. The van der Waals surface area contributed by atoms with Crippen LogP contribution in [0.25, 0.3) is 0 Å². The Morgan fingerprint density at radius 2 is 1.88 bits per heavy atom. The Hall–Kier alpha value is -0.120. The minimum atomic E-state index is 0.450. The quantitative estimate of drug-likeness (QED) is 0.735. The highest BCUT2D eigenvalue weighted by Gasteiger charge is 2.31. The maximum atomic E-state index is 6.09. The Bertz CT molecular complexity index is 228. The van der Waals surface area contributed by atoms with Gasteiger partial charge in [-0.05, 0) is 45.2 Å². The number of likely N-dealkylation sites (N-methyl/N-ethyl adjacent to an activating group) is 1. The van der Waals surface area contributed by atoms with E-state index in [-0.39, 0.29) is 0 Å². The van der Waals surface area contributed by atoms with E-state index in [2.05, 4.69) is 31.1 Å². The lowest BCUT2D eigenvalue weighted by molar-refractivity contribution is 0.0264. The lowest BCUT2D eigenvalue weighted by atomic mass is 10.2. The number of rotatable bonds is 7. The normalized spacial score (nSPS) is 29.5. The molecule has 2 aliphatic rings. The molecule has 1 heterocycles. The molecule has 1 N–H and O–H groups in total. The van der Waals surface area contributed by atoms with E-state index in [1.807, 2.05) is 0 Å². The lowest BCUT2D eigenvalue weighted by Crippen LogP contribution is -2.33. The first-order valence-corrected chi connectivity index (χ1v) is 7.21. The lowest BCUT2D eigenvalue weighted by Gasteiger charge is -2.21. The van der Waals surface area contributed by atoms with E-state index in [0.29, 0.717) is 12.2 Å². The summed E-state index contributed by atoms with van der Waals surface area (Å²) in [5, 5.41) is 3.50. The highest BCUT2D eigenvalue weighted by molar-refractivity contribution is 4.85. The first-order chi connectivity index (χ1) is 8.15. The van der Waals surface area contributed by atoms with Gasteiger partial charge < -0.3 is 15.0 Å². The van der Waals surface area contributed by atoms with E-state index >= 15 is 0 Å². The fourth-order valence-corrected chi connectivity index (χ4v) is 2.58. The Morgan fingerprint density at radius 3 is 2.53 bits per heavy atom. The number of hydrogen-bond acceptors (Lipinski definition) is 3. The molecule has 0 amide bonds. The largest absolute Gasteiger partial charge is 0.372 e. The summed E-state index contributed by atoms with van der Waals surface area (Å²) in [6, 6.07) is 0.858. The molecular weight excluding hydrogens is 212 g/mol. The molecule has 17 heavy (non-hydrogen) atoms. The zero-order chi connectivity index (χ0) is 12.3. The third-order valence-electron chi connectivity index (χ3n) is 3.78. The van der Waals surface area contributed by atoms with Crippen molar-refractivity contribution in [1.29, 1.82) is 0 Å². The Morgan fingerprint density at radius 1 is 1.18 bits per heavy atom. The van der Waals surface area contributed by atoms with Crippen LogP contribution in [-0.2, 0) is 4.74 Å². The van der Waals surface area contributed by atoms with Gasteiger partial charge in [0.05, 0.1) is 12.2 Å². The third-order valence-corrected chi connectivity index (χ3v) is 3.78. The third kappa shape index (κ3) is 4.57. The van der Waals surface area contributed by atoms with Gasteiger partial charge in [-0.3, -0.25) is 0 Å². The minimum absolute atomic E-state index is 0.450. The van der Waals surface area contributed by atoms with Crippen LogP contribution in [0, 0.1) is 5.92 Å². The minimum Gasteiger partial charge on any atom is -0.372 e. The first kappa shape index (κ1) is 13.3. The van der Waals surface area contributed by atoms with Gasteiger partial charge in [0.15, 0.2) is 0 Å².